The van der Waals surface area contributed by atoms with Crippen LogP contribution in [0.25, 0.3) is 0 Å². The van der Waals surface area contributed by atoms with Crippen molar-refractivity contribution >= 4 is 23.4 Å². The zero-order chi connectivity index (χ0) is 29.5. The molecule has 1 atom stereocenters. The fourth-order valence-corrected chi connectivity index (χ4v) is 6.61. The third-order valence-electron chi connectivity index (χ3n) is 8.76. The molecule has 2 aromatic carbocycles. The number of anilines is 1. The second-order valence-corrected chi connectivity index (χ2v) is 11.4. The Morgan fingerprint density at radius 3 is 2.45 bits per heavy atom. The number of ether oxygens (including phenoxy) is 2. The van der Waals surface area contributed by atoms with Gasteiger partial charge in [-0.25, -0.2) is 0 Å². The van der Waals surface area contributed by atoms with Crippen LogP contribution in [0, 0.1) is 19.8 Å². The van der Waals surface area contributed by atoms with Crippen molar-refractivity contribution in [3.63, 3.8) is 0 Å². The normalized spacial score (nSPS) is 18.3. The third-order valence-corrected chi connectivity index (χ3v) is 8.76. The first-order valence-corrected chi connectivity index (χ1v) is 14.6. The molecule has 6 rings (SSSR count). The fraction of sp³-hybridized carbons (Fsp3) is 0.438. The van der Waals surface area contributed by atoms with Crippen LogP contribution >= 0.6 is 0 Å². The molecule has 0 N–H and O–H groups in total. The molecule has 3 aliphatic heterocycles. The number of aromatic nitrogens is 2. The maximum Gasteiger partial charge on any atom is 0.263 e. The summed E-state index contributed by atoms with van der Waals surface area (Å²) in [6.07, 6.45) is 2.38. The quantitative estimate of drug-likeness (QED) is 0.400. The van der Waals surface area contributed by atoms with Crippen molar-refractivity contribution in [2.45, 2.75) is 46.2 Å². The first-order valence-electron chi connectivity index (χ1n) is 14.6. The van der Waals surface area contributed by atoms with Crippen LogP contribution in [0.5, 0.6) is 11.5 Å². The molecule has 3 aliphatic rings. The minimum atomic E-state index is -0.280. The Hall–Kier alpha value is -4.34. The van der Waals surface area contributed by atoms with Gasteiger partial charge in [0.2, 0.25) is 5.91 Å². The number of piperidine rings is 1. The zero-order valence-electron chi connectivity index (χ0n) is 24.7. The summed E-state index contributed by atoms with van der Waals surface area (Å²) in [5.74, 6) is 0.745. The number of hydrogen-bond acceptors (Lipinski definition) is 7. The number of aryl methyl sites for hydroxylation is 2. The molecule has 0 spiro atoms. The third kappa shape index (κ3) is 4.88. The molecule has 0 radical (unpaired) electrons. The number of rotatable bonds is 7. The number of hydrogen-bond donors (Lipinski definition) is 0. The molecule has 10 heteroatoms. The molecule has 3 amide bonds. The number of amides is 3. The Kier molecular flexibility index (Phi) is 7.38. The van der Waals surface area contributed by atoms with Crippen molar-refractivity contribution in [1.29, 1.82) is 0 Å². The first kappa shape index (κ1) is 27.8. The highest BCUT2D eigenvalue weighted by Gasteiger charge is 2.40. The molecule has 0 saturated carbocycles. The average molecular weight is 572 g/mol. The summed E-state index contributed by atoms with van der Waals surface area (Å²) >= 11 is 0. The van der Waals surface area contributed by atoms with E-state index < -0.39 is 0 Å². The summed E-state index contributed by atoms with van der Waals surface area (Å²) in [7, 11) is 3.25. The van der Waals surface area contributed by atoms with Gasteiger partial charge in [-0.2, -0.15) is 5.10 Å². The lowest BCUT2D eigenvalue weighted by atomic mass is 9.92. The van der Waals surface area contributed by atoms with Crippen LogP contribution in [0.3, 0.4) is 0 Å². The van der Waals surface area contributed by atoms with Crippen molar-refractivity contribution in [2.24, 2.45) is 5.92 Å². The fourth-order valence-electron chi connectivity index (χ4n) is 6.61. The van der Waals surface area contributed by atoms with Gasteiger partial charge in [0.15, 0.2) is 11.5 Å². The number of imide groups is 1. The smallest absolute Gasteiger partial charge is 0.263 e. The molecule has 0 unspecified atom stereocenters. The minimum Gasteiger partial charge on any atom is -0.493 e. The number of fused-ring (bicyclic) bond motifs is 2. The van der Waals surface area contributed by atoms with Crippen LogP contribution in [0.1, 0.15) is 56.1 Å². The molecule has 0 bridgehead atoms. The van der Waals surface area contributed by atoms with Crippen LogP contribution in [0.2, 0.25) is 0 Å². The Labute approximate surface area is 245 Å². The Morgan fingerprint density at radius 2 is 1.74 bits per heavy atom. The highest BCUT2D eigenvalue weighted by atomic mass is 16.5. The van der Waals surface area contributed by atoms with Crippen LogP contribution in [-0.4, -0.2) is 77.7 Å². The largest absolute Gasteiger partial charge is 0.493 e. The topological polar surface area (TPSA) is 97.2 Å². The van der Waals surface area contributed by atoms with Crippen molar-refractivity contribution < 1.29 is 23.9 Å². The summed E-state index contributed by atoms with van der Waals surface area (Å²) in [4.78, 5) is 46.1. The lowest BCUT2D eigenvalue weighted by Crippen LogP contribution is -2.46. The minimum absolute atomic E-state index is 0.127. The van der Waals surface area contributed by atoms with E-state index in [1.807, 2.05) is 53.8 Å². The number of nitrogens with zero attached hydrogens (tertiary/aromatic N) is 5. The molecule has 220 valence electrons. The van der Waals surface area contributed by atoms with Crippen LogP contribution < -0.4 is 14.4 Å². The van der Waals surface area contributed by atoms with Gasteiger partial charge in [0, 0.05) is 38.4 Å². The molecule has 1 saturated heterocycles. The molecule has 10 nitrogen and oxygen atoms in total. The molecule has 1 aromatic heterocycles. The Balaban J connectivity index is 1.17. The van der Waals surface area contributed by atoms with E-state index in [0.29, 0.717) is 48.8 Å². The van der Waals surface area contributed by atoms with Crippen molar-refractivity contribution in [2.75, 3.05) is 45.3 Å². The van der Waals surface area contributed by atoms with Crippen LogP contribution in [-0.2, 0) is 24.3 Å². The second-order valence-electron chi connectivity index (χ2n) is 11.4. The number of carbonyl (C=O) groups excluding carboxylic acids is 3. The number of methoxy groups -OCH3 is 2. The van der Waals surface area contributed by atoms with Crippen LogP contribution in [0.15, 0.2) is 36.4 Å². The molecular formula is C32H37N5O5. The molecular weight excluding hydrogens is 534 g/mol. The first-order chi connectivity index (χ1) is 20.3. The predicted octanol–water partition coefficient (Wildman–Crippen LogP) is 3.61. The summed E-state index contributed by atoms with van der Waals surface area (Å²) < 4.78 is 12.8. The Bertz CT molecular complexity index is 1560. The van der Waals surface area contributed by atoms with Gasteiger partial charge >= 0.3 is 0 Å². The van der Waals surface area contributed by atoms with E-state index in [9.17, 15) is 14.4 Å². The molecule has 4 heterocycles. The van der Waals surface area contributed by atoms with E-state index in [1.54, 1.807) is 20.3 Å². The van der Waals surface area contributed by atoms with Crippen molar-refractivity contribution in [3.05, 3.63) is 70.0 Å². The predicted molar refractivity (Wildman–Crippen MR) is 157 cm³/mol. The maximum atomic E-state index is 13.8. The lowest BCUT2D eigenvalue weighted by Gasteiger charge is -2.38. The van der Waals surface area contributed by atoms with Gasteiger partial charge in [0.25, 0.3) is 11.8 Å². The highest BCUT2D eigenvalue weighted by molar-refractivity contribution is 6.23. The van der Waals surface area contributed by atoms with Crippen molar-refractivity contribution in [1.82, 2.24) is 19.6 Å². The SMILES string of the molecule is COc1cc2c(cc1OC)CN(C(=O)[C@H]1CCCN(c3cccc4c3C(=O)N(CCn3nc(C)cc3C)C4=O)C1)CC2. The average Bonchev–Trinajstić information content (AvgIpc) is 3.47. The number of benzene rings is 2. The van der Waals surface area contributed by atoms with Gasteiger partial charge in [-0.15, -0.1) is 0 Å². The van der Waals surface area contributed by atoms with Gasteiger partial charge in [-0.3, -0.25) is 24.0 Å². The van der Waals surface area contributed by atoms with E-state index in [0.717, 1.165) is 48.4 Å². The second kappa shape index (κ2) is 11.2. The van der Waals surface area contributed by atoms with Gasteiger partial charge < -0.3 is 19.3 Å². The lowest BCUT2D eigenvalue weighted by molar-refractivity contribution is -0.136. The summed E-state index contributed by atoms with van der Waals surface area (Å²) in [6.45, 7) is 7.00. The van der Waals surface area contributed by atoms with Crippen molar-refractivity contribution in [3.8, 4) is 11.5 Å². The summed E-state index contributed by atoms with van der Waals surface area (Å²) in [5.41, 5.74) is 5.74. The van der Waals surface area contributed by atoms with Gasteiger partial charge in [-0.05, 0) is 74.6 Å². The Morgan fingerprint density at radius 1 is 0.976 bits per heavy atom. The standard InChI is InChI=1S/C32H37N5O5/c1-20-15-21(2)37(33-20)14-13-36-31(39)25-8-5-9-26(29(25)32(36)40)34-11-6-7-23(18-34)30(38)35-12-10-22-16-27(41-3)28(42-4)17-24(22)19-35/h5,8-9,15-17,23H,6-7,10-14,18-19H2,1-4H3/t23-/m0/s1. The van der Waals surface area contributed by atoms with Gasteiger partial charge in [0.1, 0.15) is 0 Å². The van der Waals surface area contributed by atoms with Gasteiger partial charge in [0.05, 0.1) is 49.2 Å². The van der Waals surface area contributed by atoms with E-state index in [-0.39, 0.29) is 30.2 Å². The summed E-state index contributed by atoms with van der Waals surface area (Å²) in [5, 5.41) is 4.46. The monoisotopic (exact) mass is 571 g/mol. The van der Waals surface area contributed by atoms with Crippen LogP contribution in [0.4, 0.5) is 5.69 Å². The molecule has 42 heavy (non-hydrogen) atoms. The molecule has 0 aliphatic carbocycles. The number of carbonyl (C=O) groups is 3. The molecule has 1 fully saturated rings. The van der Waals surface area contributed by atoms with E-state index >= 15 is 0 Å². The zero-order valence-corrected chi connectivity index (χ0v) is 24.7. The van der Waals surface area contributed by atoms with E-state index in [1.165, 1.54) is 10.5 Å². The van der Waals surface area contributed by atoms with E-state index in [2.05, 4.69) is 10.00 Å². The van der Waals surface area contributed by atoms with Gasteiger partial charge in [-0.1, -0.05) is 6.07 Å². The van der Waals surface area contributed by atoms with E-state index in [4.69, 9.17) is 9.47 Å². The molecule has 3 aromatic rings. The summed E-state index contributed by atoms with van der Waals surface area (Å²) in [6, 6.07) is 11.4. The highest BCUT2D eigenvalue weighted by Crippen LogP contribution is 2.36. The maximum absolute atomic E-state index is 13.8.